The first-order valence-corrected chi connectivity index (χ1v) is 11.0. The molecular formula is C26H20F2N4O3. The zero-order valence-electron chi connectivity index (χ0n) is 18.7. The summed E-state index contributed by atoms with van der Waals surface area (Å²) in [6.45, 7) is 2.30. The number of hydrogen-bond donors (Lipinski definition) is 1. The Morgan fingerprint density at radius 2 is 1.77 bits per heavy atom. The monoisotopic (exact) mass is 474 g/mol. The molecule has 0 spiro atoms. The number of ether oxygens (including phenoxy) is 1. The van der Waals surface area contributed by atoms with Gasteiger partial charge in [-0.25, -0.2) is 13.6 Å². The van der Waals surface area contributed by atoms with Crippen LogP contribution in [0.15, 0.2) is 60.8 Å². The van der Waals surface area contributed by atoms with E-state index in [-0.39, 0.29) is 24.5 Å². The molecule has 0 saturated carbocycles. The predicted octanol–water partition coefficient (Wildman–Crippen LogP) is 4.80. The van der Waals surface area contributed by atoms with Crippen LogP contribution in [0.4, 0.5) is 14.5 Å². The zero-order chi connectivity index (χ0) is 24.5. The van der Waals surface area contributed by atoms with Crippen LogP contribution >= 0.6 is 0 Å². The van der Waals surface area contributed by atoms with Gasteiger partial charge >= 0.3 is 5.97 Å². The molecule has 0 fully saturated rings. The van der Waals surface area contributed by atoms with E-state index in [0.717, 1.165) is 23.3 Å². The number of H-pyrrole nitrogens is 1. The van der Waals surface area contributed by atoms with Gasteiger partial charge in [-0.3, -0.25) is 9.89 Å². The van der Waals surface area contributed by atoms with Crippen molar-refractivity contribution in [3.8, 4) is 22.4 Å². The fourth-order valence-electron chi connectivity index (χ4n) is 4.20. The minimum absolute atomic E-state index is 0.0331. The number of Topliss-reactive ketones (excluding diaryl/α,β-unsaturated/α-hetero) is 1. The van der Waals surface area contributed by atoms with Gasteiger partial charge in [-0.2, -0.15) is 0 Å². The number of anilines is 1. The third kappa shape index (κ3) is 4.28. The van der Waals surface area contributed by atoms with Crippen molar-refractivity contribution in [1.82, 2.24) is 15.4 Å². The average molecular weight is 474 g/mol. The summed E-state index contributed by atoms with van der Waals surface area (Å²) in [4.78, 5) is 27.6. The van der Waals surface area contributed by atoms with Gasteiger partial charge in [0.15, 0.2) is 17.4 Å². The Labute approximate surface area is 199 Å². The fraction of sp³-hybridized carbons (Fsp3) is 0.154. The van der Waals surface area contributed by atoms with E-state index >= 15 is 0 Å². The molecular weight excluding hydrogens is 454 g/mol. The van der Waals surface area contributed by atoms with E-state index in [1.165, 1.54) is 6.07 Å². The predicted molar refractivity (Wildman–Crippen MR) is 125 cm³/mol. The van der Waals surface area contributed by atoms with Gasteiger partial charge in [-0.1, -0.05) is 29.5 Å². The first-order chi connectivity index (χ1) is 16.9. The summed E-state index contributed by atoms with van der Waals surface area (Å²) in [6, 6.07) is 14.1. The first-order valence-electron chi connectivity index (χ1n) is 11.0. The summed E-state index contributed by atoms with van der Waals surface area (Å²) in [5.74, 6) is -2.56. The zero-order valence-corrected chi connectivity index (χ0v) is 18.7. The highest BCUT2D eigenvalue weighted by molar-refractivity contribution is 6.04. The molecule has 0 saturated heterocycles. The molecule has 0 aliphatic carbocycles. The van der Waals surface area contributed by atoms with Crippen LogP contribution in [0.25, 0.3) is 22.4 Å². The van der Waals surface area contributed by atoms with Crippen molar-refractivity contribution in [1.29, 1.82) is 0 Å². The topological polar surface area (TPSA) is 88.2 Å². The highest BCUT2D eigenvalue weighted by Crippen LogP contribution is 2.34. The summed E-state index contributed by atoms with van der Waals surface area (Å²) in [6.07, 6.45) is 1.58. The lowest BCUT2D eigenvalue weighted by atomic mass is 9.94. The third-order valence-corrected chi connectivity index (χ3v) is 5.92. The molecule has 0 radical (unpaired) electrons. The van der Waals surface area contributed by atoms with Crippen molar-refractivity contribution in [3.05, 3.63) is 89.1 Å². The van der Waals surface area contributed by atoms with Gasteiger partial charge in [0.2, 0.25) is 0 Å². The number of nitrogens with one attached hydrogen (secondary N) is 1. The molecule has 1 aromatic heterocycles. The van der Waals surface area contributed by atoms with Gasteiger partial charge in [0.1, 0.15) is 0 Å². The molecule has 35 heavy (non-hydrogen) atoms. The van der Waals surface area contributed by atoms with Gasteiger partial charge in [-0.15, -0.1) is 5.10 Å². The Morgan fingerprint density at radius 3 is 2.51 bits per heavy atom. The maximum Gasteiger partial charge on any atom is 0.340 e. The summed E-state index contributed by atoms with van der Waals surface area (Å²) in [5.41, 5.74) is 4.67. The van der Waals surface area contributed by atoms with E-state index in [4.69, 9.17) is 4.74 Å². The van der Waals surface area contributed by atoms with E-state index in [1.807, 2.05) is 12.1 Å². The summed E-state index contributed by atoms with van der Waals surface area (Å²) in [7, 11) is 0. The van der Waals surface area contributed by atoms with Gasteiger partial charge in [0.05, 0.1) is 36.3 Å². The number of hydrogen-bond acceptors (Lipinski definition) is 6. The van der Waals surface area contributed by atoms with Gasteiger partial charge in [0.25, 0.3) is 0 Å². The number of rotatable bonds is 5. The van der Waals surface area contributed by atoms with Crippen LogP contribution < -0.4 is 4.90 Å². The lowest BCUT2D eigenvalue weighted by Crippen LogP contribution is -2.36. The van der Waals surface area contributed by atoms with Gasteiger partial charge in [-0.05, 0) is 53.9 Å². The van der Waals surface area contributed by atoms with Crippen molar-refractivity contribution in [2.24, 2.45) is 0 Å². The molecule has 0 unspecified atom stereocenters. The molecule has 1 aliphatic heterocycles. The van der Waals surface area contributed by atoms with E-state index < -0.39 is 17.6 Å². The molecule has 7 nitrogen and oxygen atoms in total. The molecule has 5 rings (SSSR count). The number of aromatic nitrogens is 3. The Morgan fingerprint density at radius 1 is 1.00 bits per heavy atom. The molecule has 0 atom stereocenters. The van der Waals surface area contributed by atoms with E-state index in [0.29, 0.717) is 34.6 Å². The largest absolute Gasteiger partial charge is 0.462 e. The van der Waals surface area contributed by atoms with Crippen LogP contribution in [-0.2, 0) is 11.3 Å². The summed E-state index contributed by atoms with van der Waals surface area (Å²) < 4.78 is 32.5. The summed E-state index contributed by atoms with van der Waals surface area (Å²) >= 11 is 0. The number of aromatic amines is 1. The molecule has 2 heterocycles. The molecule has 0 bridgehead atoms. The van der Waals surface area contributed by atoms with Crippen LogP contribution in [0.3, 0.4) is 0 Å². The molecule has 0 amide bonds. The lowest BCUT2D eigenvalue weighted by molar-refractivity contribution is 0.0526. The fourth-order valence-corrected chi connectivity index (χ4v) is 4.20. The highest BCUT2D eigenvalue weighted by Gasteiger charge is 2.27. The second kappa shape index (κ2) is 9.09. The standard InChI is InChI=1S/C26H20F2N4O3/c1-2-35-26(34)19-7-5-16(15-6-8-21(27)22(28)10-15)11-24(19)32-13-18-4-3-17(23-12-29-31-30-23)9-20(18)25(33)14-32/h3-12H,2,13-14H2,1H3,(H,29,30,31). The number of benzene rings is 3. The number of nitrogens with zero attached hydrogens (tertiary/aromatic N) is 3. The van der Waals surface area contributed by atoms with Crippen LogP contribution in [0.2, 0.25) is 0 Å². The quantitative estimate of drug-likeness (QED) is 0.418. The van der Waals surface area contributed by atoms with Crippen LogP contribution in [0, 0.1) is 11.6 Å². The first kappa shape index (κ1) is 22.4. The molecule has 4 aromatic rings. The maximum absolute atomic E-state index is 13.9. The Balaban J connectivity index is 1.55. The van der Waals surface area contributed by atoms with Crippen molar-refractivity contribution in [2.45, 2.75) is 13.5 Å². The van der Waals surface area contributed by atoms with Crippen molar-refractivity contribution in [3.63, 3.8) is 0 Å². The number of ketones is 1. The molecule has 176 valence electrons. The lowest BCUT2D eigenvalue weighted by Gasteiger charge is -2.31. The minimum atomic E-state index is -0.969. The second-order valence-corrected chi connectivity index (χ2v) is 8.10. The molecule has 1 aliphatic rings. The third-order valence-electron chi connectivity index (χ3n) is 5.92. The Kier molecular flexibility index (Phi) is 5.82. The Hall–Kier alpha value is -4.40. The van der Waals surface area contributed by atoms with Crippen LogP contribution in [0.1, 0.15) is 33.2 Å². The second-order valence-electron chi connectivity index (χ2n) is 8.10. The van der Waals surface area contributed by atoms with Gasteiger partial charge < -0.3 is 9.64 Å². The maximum atomic E-state index is 13.9. The Bertz CT molecular complexity index is 1440. The van der Waals surface area contributed by atoms with Crippen LogP contribution in [0.5, 0.6) is 0 Å². The molecule has 1 N–H and O–H groups in total. The normalized spacial score (nSPS) is 13.0. The smallest absolute Gasteiger partial charge is 0.340 e. The summed E-state index contributed by atoms with van der Waals surface area (Å²) in [5, 5.41) is 10.3. The number of fused-ring (bicyclic) bond motifs is 1. The molecule has 3 aromatic carbocycles. The van der Waals surface area contributed by atoms with Gasteiger partial charge in [0, 0.05) is 17.7 Å². The SMILES string of the molecule is CCOC(=O)c1ccc(-c2ccc(F)c(F)c2)cc1N1CC(=O)c2cc(-c3cnn[nH]3)ccc2C1. The minimum Gasteiger partial charge on any atom is -0.462 e. The number of carbonyl (C=O) groups excluding carboxylic acids is 2. The molecule has 9 heteroatoms. The number of carbonyl (C=O) groups is 2. The van der Waals surface area contributed by atoms with E-state index in [9.17, 15) is 18.4 Å². The van der Waals surface area contributed by atoms with Crippen molar-refractivity contribution < 1.29 is 23.1 Å². The van der Waals surface area contributed by atoms with Crippen molar-refractivity contribution >= 4 is 17.4 Å². The van der Waals surface area contributed by atoms with Crippen LogP contribution in [-0.4, -0.2) is 40.3 Å². The average Bonchev–Trinajstić information content (AvgIpc) is 3.40. The number of esters is 1. The van der Waals surface area contributed by atoms with E-state index in [1.54, 1.807) is 42.3 Å². The van der Waals surface area contributed by atoms with E-state index in [2.05, 4.69) is 15.4 Å². The number of halogens is 2. The van der Waals surface area contributed by atoms with Crippen molar-refractivity contribution in [2.75, 3.05) is 18.1 Å². The highest BCUT2D eigenvalue weighted by atomic mass is 19.2.